The zero-order valence-electron chi connectivity index (χ0n) is 15.6. The Morgan fingerprint density at radius 2 is 2.11 bits per heavy atom. The second-order valence-electron chi connectivity index (χ2n) is 6.87. The molecular weight excluding hydrogens is 360 g/mol. The van der Waals surface area contributed by atoms with Gasteiger partial charge in [0, 0.05) is 36.9 Å². The quantitative estimate of drug-likeness (QED) is 0.609. The van der Waals surface area contributed by atoms with Gasteiger partial charge in [-0.25, -0.2) is 4.98 Å². The number of nitrogens with zero attached hydrogens (tertiary/aromatic N) is 1. The molecule has 1 aromatic carbocycles. The summed E-state index contributed by atoms with van der Waals surface area (Å²) in [6.07, 6.45) is 4.55. The fourth-order valence-corrected chi connectivity index (χ4v) is 3.92. The number of anilines is 1. The summed E-state index contributed by atoms with van der Waals surface area (Å²) in [4.78, 5) is 27.5. The van der Waals surface area contributed by atoms with Crippen molar-refractivity contribution in [2.75, 3.05) is 18.4 Å². The lowest BCUT2D eigenvalue weighted by Gasteiger charge is -2.08. The molecule has 1 aromatic heterocycles. The van der Waals surface area contributed by atoms with E-state index in [0.29, 0.717) is 24.1 Å². The summed E-state index contributed by atoms with van der Waals surface area (Å²) in [6.45, 7) is 3.23. The van der Waals surface area contributed by atoms with Crippen LogP contribution in [0.2, 0.25) is 0 Å². The number of carbonyl (C=O) groups excluding carboxylic acids is 2. The molecule has 1 unspecified atom stereocenters. The Kier molecular flexibility index (Phi) is 6.95. The lowest BCUT2D eigenvalue weighted by molar-refractivity contribution is -0.119. The van der Waals surface area contributed by atoms with Crippen molar-refractivity contribution in [2.24, 2.45) is 0 Å². The van der Waals surface area contributed by atoms with Crippen LogP contribution in [0.15, 0.2) is 29.6 Å². The van der Waals surface area contributed by atoms with Crippen molar-refractivity contribution in [2.45, 2.75) is 45.1 Å². The molecule has 144 valence electrons. The third-order valence-electron chi connectivity index (χ3n) is 4.61. The number of amides is 2. The first-order chi connectivity index (χ1) is 13.1. The molecule has 2 aromatic rings. The molecule has 0 radical (unpaired) electrons. The van der Waals surface area contributed by atoms with E-state index in [0.717, 1.165) is 43.5 Å². The van der Waals surface area contributed by atoms with Gasteiger partial charge in [-0.2, -0.15) is 0 Å². The molecule has 27 heavy (non-hydrogen) atoms. The Morgan fingerprint density at radius 1 is 1.30 bits per heavy atom. The molecular formula is C20H26N4O2S. The standard InChI is InChI=1S/C20H26N4O2S/c1-14(25)21-10-2-4-15-6-8-16(9-7-15)18-13-27-20(23-18)24-19(26)12-17-5-3-11-22-17/h6-9,13,17,22H,2-5,10-12H2,1H3,(H,21,25)(H,23,24,26). The van der Waals surface area contributed by atoms with E-state index in [1.54, 1.807) is 0 Å². The molecule has 3 N–H and O–H groups in total. The Balaban J connectivity index is 1.49. The molecule has 0 saturated carbocycles. The third kappa shape index (κ3) is 6.15. The maximum atomic E-state index is 12.1. The normalized spacial score (nSPS) is 16.3. The highest BCUT2D eigenvalue weighted by Crippen LogP contribution is 2.25. The number of nitrogens with one attached hydrogen (secondary N) is 3. The topological polar surface area (TPSA) is 83.1 Å². The fraction of sp³-hybridized carbons (Fsp3) is 0.450. The minimum atomic E-state index is 0.0104. The highest BCUT2D eigenvalue weighted by Gasteiger charge is 2.18. The highest BCUT2D eigenvalue weighted by molar-refractivity contribution is 7.14. The molecule has 1 aliphatic heterocycles. The van der Waals surface area contributed by atoms with E-state index < -0.39 is 0 Å². The summed E-state index contributed by atoms with van der Waals surface area (Å²) in [5.41, 5.74) is 3.14. The van der Waals surface area contributed by atoms with Crippen LogP contribution in [-0.2, 0) is 16.0 Å². The minimum Gasteiger partial charge on any atom is -0.356 e. The van der Waals surface area contributed by atoms with Gasteiger partial charge in [-0.15, -0.1) is 11.3 Å². The van der Waals surface area contributed by atoms with Crippen LogP contribution in [0, 0.1) is 0 Å². The van der Waals surface area contributed by atoms with Gasteiger partial charge in [0.05, 0.1) is 5.69 Å². The molecule has 1 atom stereocenters. The van der Waals surface area contributed by atoms with Gasteiger partial charge in [0.1, 0.15) is 0 Å². The molecule has 1 aliphatic rings. The van der Waals surface area contributed by atoms with Crippen LogP contribution in [-0.4, -0.2) is 35.9 Å². The predicted octanol–water partition coefficient (Wildman–Crippen LogP) is 2.96. The Hall–Kier alpha value is -2.25. The number of benzene rings is 1. The predicted molar refractivity (Wildman–Crippen MR) is 109 cm³/mol. The van der Waals surface area contributed by atoms with Crippen LogP contribution in [0.5, 0.6) is 0 Å². The minimum absolute atomic E-state index is 0.0104. The first-order valence-corrected chi connectivity index (χ1v) is 10.3. The smallest absolute Gasteiger partial charge is 0.227 e. The molecule has 1 saturated heterocycles. The van der Waals surface area contributed by atoms with Gasteiger partial charge in [0.25, 0.3) is 0 Å². The number of carbonyl (C=O) groups is 2. The summed E-state index contributed by atoms with van der Waals surface area (Å²) >= 11 is 1.45. The van der Waals surface area contributed by atoms with Crippen molar-refractivity contribution >= 4 is 28.3 Å². The van der Waals surface area contributed by atoms with Gasteiger partial charge in [-0.1, -0.05) is 24.3 Å². The number of hydrogen-bond acceptors (Lipinski definition) is 5. The Morgan fingerprint density at radius 3 is 2.81 bits per heavy atom. The zero-order chi connectivity index (χ0) is 19.1. The summed E-state index contributed by atoms with van der Waals surface area (Å²) in [5.74, 6) is 0.0288. The maximum absolute atomic E-state index is 12.1. The lowest BCUT2D eigenvalue weighted by Crippen LogP contribution is -2.27. The first-order valence-electron chi connectivity index (χ1n) is 9.42. The molecule has 2 amide bonds. The number of hydrogen-bond donors (Lipinski definition) is 3. The largest absolute Gasteiger partial charge is 0.356 e. The third-order valence-corrected chi connectivity index (χ3v) is 5.37. The van der Waals surface area contributed by atoms with Gasteiger partial charge in [0.15, 0.2) is 5.13 Å². The van der Waals surface area contributed by atoms with E-state index >= 15 is 0 Å². The van der Waals surface area contributed by atoms with Crippen molar-refractivity contribution in [1.82, 2.24) is 15.6 Å². The summed E-state index contributed by atoms with van der Waals surface area (Å²) in [7, 11) is 0. The van der Waals surface area contributed by atoms with Crippen LogP contribution >= 0.6 is 11.3 Å². The Bertz CT molecular complexity index is 767. The molecule has 1 fully saturated rings. The molecule has 0 spiro atoms. The molecule has 3 rings (SSSR count). The van der Waals surface area contributed by atoms with E-state index in [2.05, 4.69) is 45.2 Å². The van der Waals surface area contributed by atoms with E-state index in [-0.39, 0.29) is 11.8 Å². The lowest BCUT2D eigenvalue weighted by atomic mass is 10.1. The van der Waals surface area contributed by atoms with Crippen LogP contribution in [0.25, 0.3) is 11.3 Å². The number of rotatable bonds is 8. The summed E-state index contributed by atoms with van der Waals surface area (Å²) < 4.78 is 0. The SMILES string of the molecule is CC(=O)NCCCc1ccc(-c2csc(NC(=O)CC3CCCN3)n2)cc1. The number of aryl methyl sites for hydroxylation is 1. The van der Waals surface area contributed by atoms with Gasteiger partial charge in [-0.05, 0) is 37.8 Å². The van der Waals surface area contributed by atoms with E-state index in [1.165, 1.54) is 23.8 Å². The van der Waals surface area contributed by atoms with Crippen LogP contribution in [0.1, 0.15) is 38.2 Å². The molecule has 0 bridgehead atoms. The van der Waals surface area contributed by atoms with Gasteiger partial charge in [-0.3, -0.25) is 9.59 Å². The van der Waals surface area contributed by atoms with E-state index in [9.17, 15) is 9.59 Å². The molecule has 7 heteroatoms. The van der Waals surface area contributed by atoms with Gasteiger partial charge in [0.2, 0.25) is 11.8 Å². The zero-order valence-corrected chi connectivity index (χ0v) is 16.4. The number of aromatic nitrogens is 1. The van der Waals surface area contributed by atoms with Crippen LogP contribution < -0.4 is 16.0 Å². The van der Waals surface area contributed by atoms with E-state index in [1.807, 2.05) is 5.38 Å². The van der Waals surface area contributed by atoms with Crippen molar-refractivity contribution in [3.8, 4) is 11.3 Å². The second-order valence-corrected chi connectivity index (χ2v) is 7.73. The first kappa shape index (κ1) is 19.5. The highest BCUT2D eigenvalue weighted by atomic mass is 32.1. The summed E-state index contributed by atoms with van der Waals surface area (Å²) in [6, 6.07) is 8.58. The monoisotopic (exact) mass is 386 g/mol. The van der Waals surface area contributed by atoms with Crippen molar-refractivity contribution < 1.29 is 9.59 Å². The second kappa shape index (κ2) is 9.62. The average molecular weight is 387 g/mol. The fourth-order valence-electron chi connectivity index (χ4n) is 3.19. The molecule has 0 aliphatic carbocycles. The summed E-state index contributed by atoms with van der Waals surface area (Å²) in [5, 5.41) is 11.7. The Labute approximate surface area is 163 Å². The van der Waals surface area contributed by atoms with Crippen LogP contribution in [0.4, 0.5) is 5.13 Å². The van der Waals surface area contributed by atoms with Crippen LogP contribution in [0.3, 0.4) is 0 Å². The van der Waals surface area contributed by atoms with Gasteiger partial charge >= 0.3 is 0 Å². The molecule has 2 heterocycles. The molecule has 6 nitrogen and oxygen atoms in total. The average Bonchev–Trinajstić information content (AvgIpc) is 3.31. The van der Waals surface area contributed by atoms with Crippen molar-refractivity contribution in [3.05, 3.63) is 35.2 Å². The van der Waals surface area contributed by atoms with Crippen molar-refractivity contribution in [3.63, 3.8) is 0 Å². The van der Waals surface area contributed by atoms with Gasteiger partial charge < -0.3 is 16.0 Å². The van der Waals surface area contributed by atoms with E-state index in [4.69, 9.17) is 0 Å². The van der Waals surface area contributed by atoms with Crippen molar-refractivity contribution in [1.29, 1.82) is 0 Å². The number of thiazole rings is 1. The maximum Gasteiger partial charge on any atom is 0.227 e.